The number of rotatable bonds is 10. The van der Waals surface area contributed by atoms with Gasteiger partial charge in [0, 0.05) is 12.3 Å². The van der Waals surface area contributed by atoms with E-state index in [2.05, 4.69) is 17.2 Å². The van der Waals surface area contributed by atoms with E-state index >= 15 is 0 Å². The van der Waals surface area contributed by atoms with Crippen molar-refractivity contribution in [3.05, 3.63) is 72.3 Å². The van der Waals surface area contributed by atoms with Crippen molar-refractivity contribution < 1.29 is 43.2 Å². The normalized spacial score (nSPS) is 28.6. The maximum absolute atomic E-state index is 12.1. The first-order valence-corrected chi connectivity index (χ1v) is 13.8. The minimum absolute atomic E-state index is 0.0790. The number of benzene rings is 2. The van der Waals surface area contributed by atoms with Gasteiger partial charge >= 0.3 is 12.1 Å². The molecule has 0 unspecified atom stereocenters. The third-order valence-corrected chi connectivity index (χ3v) is 7.38. The molecule has 222 valence electrons. The Hall–Kier alpha value is -4.26. The number of aliphatic hydroxyl groups excluding tert-OH is 1. The third-order valence-electron chi connectivity index (χ3n) is 7.38. The lowest BCUT2D eigenvalue weighted by molar-refractivity contribution is -0.566. The molecule has 2 fully saturated rings. The Balaban J connectivity index is 1.29. The molecule has 0 aromatic heterocycles. The highest BCUT2D eigenvalue weighted by molar-refractivity contribution is 5.94. The Morgan fingerprint density at radius 2 is 1.83 bits per heavy atom. The number of urea groups is 2. The standard InChI is InChI=1S/C30H34N4O8/c1-19-28(21(17-27(35)40-19)15-16-34-30(37)31-29(36)33(34)2)32-39-18-26-25(41-23-11-9-22(38-3)10-12-23)14-13-24(42-26)20-7-5-4-6-8-20/h4-14,19,21,24-27,35H,2,15-18H2,1,3H3/p+1/b32-28+/t19-,21-,24-,25-,26+,27+/m0/s1. The molecule has 3 aliphatic heterocycles. The molecule has 2 N–H and O–H groups in total. The van der Waals surface area contributed by atoms with E-state index in [1.54, 1.807) is 14.0 Å². The molecule has 12 heteroatoms. The fraction of sp³-hybridized carbons (Fsp3) is 0.400. The molecule has 4 amide bonds. The van der Waals surface area contributed by atoms with Crippen LogP contribution in [0.2, 0.25) is 0 Å². The third kappa shape index (κ3) is 6.78. The number of hydrazine groups is 1. The van der Waals surface area contributed by atoms with Gasteiger partial charge in [0.05, 0.1) is 32.2 Å². The summed E-state index contributed by atoms with van der Waals surface area (Å²) in [6.07, 6.45) is 1.82. The van der Waals surface area contributed by atoms with Crippen molar-refractivity contribution in [3.63, 3.8) is 0 Å². The van der Waals surface area contributed by atoms with Gasteiger partial charge in [-0.25, -0.2) is 4.79 Å². The van der Waals surface area contributed by atoms with Gasteiger partial charge in [0.1, 0.15) is 36.4 Å². The second-order valence-corrected chi connectivity index (χ2v) is 10.2. The van der Waals surface area contributed by atoms with Crippen molar-refractivity contribution in [2.75, 3.05) is 20.3 Å². The van der Waals surface area contributed by atoms with Crippen molar-refractivity contribution in [3.8, 4) is 11.5 Å². The highest BCUT2D eigenvalue weighted by atomic mass is 16.7. The molecular weight excluding hydrogens is 544 g/mol. The number of hydrogen-bond donors (Lipinski definition) is 2. The zero-order chi connectivity index (χ0) is 29.6. The summed E-state index contributed by atoms with van der Waals surface area (Å²) in [6, 6.07) is 16.0. The summed E-state index contributed by atoms with van der Waals surface area (Å²) in [6.45, 7) is 5.64. The monoisotopic (exact) mass is 579 g/mol. The molecular formula is C30H35N4O8+. The number of imide groups is 1. The van der Waals surface area contributed by atoms with Crippen LogP contribution < -0.4 is 14.8 Å². The summed E-state index contributed by atoms with van der Waals surface area (Å²) >= 11 is 0. The number of hydrazone groups is 1. The van der Waals surface area contributed by atoms with E-state index in [0.29, 0.717) is 17.9 Å². The van der Waals surface area contributed by atoms with E-state index in [1.807, 2.05) is 66.7 Å². The number of nitrogens with zero attached hydrogens (tertiary/aromatic N) is 3. The zero-order valence-corrected chi connectivity index (χ0v) is 23.5. The average Bonchev–Trinajstić information content (AvgIpc) is 3.24. The summed E-state index contributed by atoms with van der Waals surface area (Å²) in [5, 5.41) is 18.1. The van der Waals surface area contributed by atoms with Gasteiger partial charge in [0.15, 0.2) is 6.29 Å². The number of nitrogens with one attached hydrogen (secondary N) is 1. The van der Waals surface area contributed by atoms with Gasteiger partial charge in [-0.1, -0.05) is 46.2 Å². The van der Waals surface area contributed by atoms with Crippen LogP contribution in [0.1, 0.15) is 31.4 Å². The molecule has 3 heterocycles. The molecule has 5 rings (SSSR count). The van der Waals surface area contributed by atoms with Crippen LogP contribution in [0.3, 0.4) is 0 Å². The van der Waals surface area contributed by atoms with E-state index in [1.165, 1.54) is 5.01 Å². The lowest BCUT2D eigenvalue weighted by atomic mass is 9.90. The molecule has 0 spiro atoms. The largest absolute Gasteiger partial charge is 0.523 e. The van der Waals surface area contributed by atoms with Gasteiger partial charge in [-0.05, 0) is 49.2 Å². The van der Waals surface area contributed by atoms with Gasteiger partial charge in [0.25, 0.3) is 0 Å². The molecule has 0 radical (unpaired) electrons. The lowest BCUT2D eigenvalue weighted by Crippen LogP contribution is -2.43. The minimum Gasteiger partial charge on any atom is -0.497 e. The van der Waals surface area contributed by atoms with Crippen molar-refractivity contribution in [2.45, 2.75) is 50.5 Å². The number of carbonyl (C=O) groups excluding carboxylic acids is 2. The van der Waals surface area contributed by atoms with Crippen LogP contribution in [0, 0.1) is 5.92 Å². The number of hydrogen-bond acceptors (Lipinski definition) is 9. The maximum Gasteiger partial charge on any atom is 0.523 e. The highest BCUT2D eigenvalue weighted by Crippen LogP contribution is 2.30. The summed E-state index contributed by atoms with van der Waals surface area (Å²) in [7, 11) is 1.61. The molecule has 12 nitrogen and oxygen atoms in total. The highest BCUT2D eigenvalue weighted by Gasteiger charge is 2.41. The summed E-state index contributed by atoms with van der Waals surface area (Å²) in [4.78, 5) is 29.7. The quantitative estimate of drug-likeness (QED) is 0.249. The maximum atomic E-state index is 12.1. The second kappa shape index (κ2) is 13.1. The van der Waals surface area contributed by atoms with E-state index in [-0.39, 0.29) is 31.6 Å². The number of carbonyl (C=O) groups is 2. The van der Waals surface area contributed by atoms with E-state index in [0.717, 1.165) is 16.0 Å². The molecule has 0 aliphatic carbocycles. The van der Waals surface area contributed by atoms with E-state index in [9.17, 15) is 14.7 Å². The molecule has 0 saturated carbocycles. The Bertz CT molecular complexity index is 1330. The van der Waals surface area contributed by atoms with Gasteiger partial charge in [-0.2, -0.15) is 4.79 Å². The zero-order valence-electron chi connectivity index (χ0n) is 23.5. The fourth-order valence-electron chi connectivity index (χ4n) is 5.14. The van der Waals surface area contributed by atoms with Crippen LogP contribution in [0.4, 0.5) is 9.59 Å². The minimum atomic E-state index is -0.991. The summed E-state index contributed by atoms with van der Waals surface area (Å²) in [5.41, 5.74) is 1.58. The van der Waals surface area contributed by atoms with Gasteiger partial charge in [-0.3, -0.25) is 0 Å². The van der Waals surface area contributed by atoms with Crippen LogP contribution >= 0.6 is 0 Å². The Morgan fingerprint density at radius 3 is 2.52 bits per heavy atom. The topological polar surface area (TPSA) is 131 Å². The first-order chi connectivity index (χ1) is 20.3. The number of oxime groups is 1. The van der Waals surface area contributed by atoms with Crippen LogP contribution in [0.25, 0.3) is 0 Å². The number of amides is 4. The van der Waals surface area contributed by atoms with Gasteiger partial charge in [0.2, 0.25) is 0 Å². The van der Waals surface area contributed by atoms with Crippen molar-refractivity contribution in [1.82, 2.24) is 10.3 Å². The van der Waals surface area contributed by atoms with Gasteiger partial charge < -0.3 is 28.9 Å². The molecule has 0 bridgehead atoms. The molecule has 2 saturated heterocycles. The van der Waals surface area contributed by atoms with Crippen LogP contribution in [-0.2, 0) is 14.3 Å². The van der Waals surface area contributed by atoms with Crippen molar-refractivity contribution >= 4 is 24.5 Å². The molecule has 42 heavy (non-hydrogen) atoms. The van der Waals surface area contributed by atoms with Crippen LogP contribution in [-0.4, -0.2) is 84.2 Å². The smallest absolute Gasteiger partial charge is 0.497 e. The first-order valence-electron chi connectivity index (χ1n) is 13.8. The number of methoxy groups -OCH3 is 1. The van der Waals surface area contributed by atoms with E-state index in [4.69, 9.17) is 23.8 Å². The van der Waals surface area contributed by atoms with Crippen LogP contribution in [0.5, 0.6) is 11.5 Å². The molecule has 2 aromatic rings. The lowest BCUT2D eigenvalue weighted by Gasteiger charge is -2.34. The number of ether oxygens (including phenoxy) is 4. The fourth-order valence-corrected chi connectivity index (χ4v) is 5.14. The summed E-state index contributed by atoms with van der Waals surface area (Å²) < 4.78 is 24.5. The predicted molar refractivity (Wildman–Crippen MR) is 151 cm³/mol. The second-order valence-electron chi connectivity index (χ2n) is 10.2. The molecule has 6 atom stereocenters. The molecule has 2 aromatic carbocycles. The Labute approximate surface area is 243 Å². The van der Waals surface area contributed by atoms with Crippen LogP contribution in [0.15, 0.2) is 71.9 Å². The Kier molecular flexibility index (Phi) is 9.15. The Morgan fingerprint density at radius 1 is 1.10 bits per heavy atom. The van der Waals surface area contributed by atoms with Crippen molar-refractivity contribution in [2.24, 2.45) is 11.1 Å². The first kappa shape index (κ1) is 29.2. The number of aliphatic hydroxyl groups is 1. The van der Waals surface area contributed by atoms with Gasteiger partial charge in [-0.15, -0.1) is 10.3 Å². The summed E-state index contributed by atoms with van der Waals surface area (Å²) in [5.74, 6) is 1.10. The molecule has 3 aliphatic rings. The SMILES string of the molecule is C=[N+]1C(=O)NC(=O)N1CC[C@H]1C[C@H](O)O[C@@H](C)/C1=N\OC[C@H]1O[C@H](c2ccccc2)C=C[C@@H]1Oc1ccc(OC)cc1. The van der Waals surface area contributed by atoms with E-state index < -0.39 is 36.7 Å². The van der Waals surface area contributed by atoms with Crippen molar-refractivity contribution in [1.29, 1.82) is 0 Å². The average molecular weight is 580 g/mol. The predicted octanol–water partition coefficient (Wildman–Crippen LogP) is 3.42.